The zero-order valence-corrected chi connectivity index (χ0v) is 25.3. The molecule has 4 aliphatic heterocycles. The standard InChI is InChI=1S/C31H34O18/c32-12-3-1-11(2-4-12)28-18-7-14-16(45-28)5-13(33)6-17(14)46-30-26(40)25(39)23(37)20(49-30)10-44-29(42)15(34)8-21(35)43-9-19-22(36)24(38)27(41)31(47-18)48-19/h1-7,15,19-20,22-28,30-34,36-41H,8-10H2. The minimum atomic E-state index is -2.06. The van der Waals surface area contributed by atoms with Crippen molar-refractivity contribution in [1.82, 2.24) is 0 Å². The van der Waals surface area contributed by atoms with Crippen molar-refractivity contribution in [3.63, 3.8) is 0 Å². The molecule has 2 aromatic rings. The van der Waals surface area contributed by atoms with E-state index in [4.69, 9.17) is 33.2 Å². The molecule has 6 rings (SSSR count). The van der Waals surface area contributed by atoms with Crippen molar-refractivity contribution >= 4 is 18.0 Å². The first kappa shape index (κ1) is 34.6. The van der Waals surface area contributed by atoms with Gasteiger partial charge in [-0.1, -0.05) is 12.1 Å². The Morgan fingerprint density at radius 1 is 0.612 bits per heavy atom. The maximum Gasteiger partial charge on any atom is 0.335 e. The van der Waals surface area contributed by atoms with Gasteiger partial charge < -0.3 is 79.1 Å². The van der Waals surface area contributed by atoms with Crippen LogP contribution < -0.4 is 9.47 Å². The van der Waals surface area contributed by atoms with Gasteiger partial charge in [-0.25, -0.2) is 4.79 Å². The number of hydrogen-bond donors (Lipinski definition) is 9. The molecule has 2 fully saturated rings. The fourth-order valence-corrected chi connectivity index (χ4v) is 5.60. The normalized spacial score (nSPS) is 36.8. The number of fused-ring (bicyclic) bond motifs is 4. The molecule has 0 aromatic heterocycles. The monoisotopic (exact) mass is 694 g/mol. The van der Waals surface area contributed by atoms with E-state index in [2.05, 4.69) is 0 Å². The zero-order valence-electron chi connectivity index (χ0n) is 25.3. The van der Waals surface area contributed by atoms with E-state index in [9.17, 15) is 55.5 Å². The number of ether oxygens (including phenoxy) is 7. The molecule has 12 unspecified atom stereocenters. The van der Waals surface area contributed by atoms with Crippen LogP contribution in [0, 0.1) is 0 Å². The second-order valence-corrected chi connectivity index (χ2v) is 11.8. The number of benzene rings is 2. The number of esters is 2. The average molecular weight is 695 g/mol. The number of hydrogen-bond acceptors (Lipinski definition) is 18. The summed E-state index contributed by atoms with van der Waals surface area (Å²) >= 11 is 0. The highest BCUT2D eigenvalue weighted by Crippen LogP contribution is 2.46. The minimum absolute atomic E-state index is 0.00160. The van der Waals surface area contributed by atoms with Gasteiger partial charge in [0, 0.05) is 17.7 Å². The van der Waals surface area contributed by atoms with E-state index in [0.29, 0.717) is 5.56 Å². The van der Waals surface area contributed by atoms with Crippen LogP contribution in [0.4, 0.5) is 0 Å². The molecule has 0 aliphatic carbocycles. The molecular weight excluding hydrogens is 660 g/mol. The fraction of sp³-hybridized carbons (Fsp3) is 0.484. The van der Waals surface area contributed by atoms with Crippen LogP contribution in [-0.2, 0) is 33.3 Å². The van der Waals surface area contributed by atoms with Gasteiger partial charge in [-0.2, -0.15) is 0 Å². The number of phenols is 2. The van der Waals surface area contributed by atoms with Crippen molar-refractivity contribution in [3.8, 4) is 23.0 Å². The van der Waals surface area contributed by atoms with E-state index in [-0.39, 0.29) is 34.3 Å². The Bertz CT molecular complexity index is 1560. The molecule has 18 heteroatoms. The van der Waals surface area contributed by atoms with Crippen molar-refractivity contribution in [2.45, 2.75) is 80.0 Å². The van der Waals surface area contributed by atoms with Gasteiger partial charge in [-0.05, 0) is 18.2 Å². The molecule has 0 spiro atoms. The lowest BCUT2D eigenvalue weighted by Gasteiger charge is -2.41. The van der Waals surface area contributed by atoms with Crippen LogP contribution in [-0.4, -0.2) is 139 Å². The quantitative estimate of drug-likeness (QED) is 0.139. The predicted octanol–water partition coefficient (Wildman–Crippen LogP) is -2.57. The summed E-state index contributed by atoms with van der Waals surface area (Å²) < 4.78 is 39.4. The van der Waals surface area contributed by atoms with Crippen molar-refractivity contribution in [1.29, 1.82) is 0 Å². The number of aliphatic hydroxyl groups excluding tert-OH is 7. The summed E-state index contributed by atoms with van der Waals surface area (Å²) in [6.07, 6.45) is -20.4. The molecule has 18 nitrogen and oxygen atoms in total. The van der Waals surface area contributed by atoms with Crippen molar-refractivity contribution < 1.29 is 88.7 Å². The van der Waals surface area contributed by atoms with E-state index in [1.54, 1.807) is 0 Å². The number of aromatic hydroxyl groups is 2. The van der Waals surface area contributed by atoms with Crippen LogP contribution >= 0.6 is 0 Å². The predicted molar refractivity (Wildman–Crippen MR) is 155 cm³/mol. The van der Waals surface area contributed by atoms with Crippen LogP contribution in [0.1, 0.15) is 23.7 Å². The Hall–Kier alpha value is -4.24. The molecule has 6 bridgehead atoms. The first-order chi connectivity index (χ1) is 23.3. The fourth-order valence-electron chi connectivity index (χ4n) is 5.60. The zero-order chi connectivity index (χ0) is 35.1. The molecule has 2 saturated heterocycles. The van der Waals surface area contributed by atoms with E-state index < -0.39 is 105 Å². The molecule has 4 heterocycles. The molecule has 2 aromatic carbocycles. The summed E-state index contributed by atoms with van der Waals surface area (Å²) in [5.74, 6) is -3.23. The van der Waals surface area contributed by atoms with Crippen LogP contribution in [0.5, 0.6) is 23.0 Å². The van der Waals surface area contributed by atoms with Crippen LogP contribution in [0.25, 0.3) is 6.08 Å². The van der Waals surface area contributed by atoms with Crippen LogP contribution in [0.2, 0.25) is 0 Å². The lowest BCUT2D eigenvalue weighted by atomic mass is 9.98. The van der Waals surface area contributed by atoms with E-state index in [0.717, 1.165) is 6.07 Å². The molecule has 0 amide bonds. The van der Waals surface area contributed by atoms with Crippen molar-refractivity contribution in [2.24, 2.45) is 0 Å². The summed E-state index contributed by atoms with van der Waals surface area (Å²) in [6.45, 7) is -1.49. The summed E-state index contributed by atoms with van der Waals surface area (Å²) in [4.78, 5) is 24.8. The number of rotatable bonds is 1. The average Bonchev–Trinajstić information content (AvgIpc) is 3.07. The second-order valence-electron chi connectivity index (χ2n) is 11.8. The van der Waals surface area contributed by atoms with Gasteiger partial charge in [0.05, 0.1) is 12.0 Å². The number of carbonyl (C=O) groups is 2. The van der Waals surface area contributed by atoms with Crippen molar-refractivity contribution in [2.75, 3.05) is 13.2 Å². The highest BCUT2D eigenvalue weighted by Gasteiger charge is 2.48. The second kappa shape index (κ2) is 13.9. The summed E-state index contributed by atoms with van der Waals surface area (Å²) in [6, 6.07) is 8.04. The highest BCUT2D eigenvalue weighted by molar-refractivity contribution is 5.81. The smallest absolute Gasteiger partial charge is 0.335 e. The molecule has 0 radical (unpaired) electrons. The molecule has 4 aliphatic rings. The number of carbonyl (C=O) groups excluding carboxylic acids is 2. The van der Waals surface area contributed by atoms with Crippen LogP contribution in [0.15, 0.2) is 42.2 Å². The third-order valence-corrected chi connectivity index (χ3v) is 8.34. The highest BCUT2D eigenvalue weighted by atomic mass is 16.7. The van der Waals surface area contributed by atoms with Crippen LogP contribution in [0.3, 0.4) is 0 Å². The summed E-state index contributed by atoms with van der Waals surface area (Å²) in [5.41, 5.74) is 0.460. The SMILES string of the molecule is O=C1CC(O)C(=O)OCC2OC(Oc3cc(O)cc4c3C=C(OC3OC(CO1)C(O)C(O)C3O)C(c1ccc(O)cc1)O4)C(O)C(O)C2O. The minimum Gasteiger partial charge on any atom is -0.508 e. The summed E-state index contributed by atoms with van der Waals surface area (Å²) in [7, 11) is 0. The van der Waals surface area contributed by atoms with E-state index >= 15 is 0 Å². The van der Waals surface area contributed by atoms with Gasteiger partial charge in [-0.15, -0.1) is 0 Å². The van der Waals surface area contributed by atoms with E-state index in [1.807, 2.05) is 0 Å². The van der Waals surface area contributed by atoms with Crippen molar-refractivity contribution in [3.05, 3.63) is 53.3 Å². The van der Waals surface area contributed by atoms with Gasteiger partial charge in [0.1, 0.15) is 90.8 Å². The van der Waals surface area contributed by atoms with Gasteiger partial charge in [0.25, 0.3) is 0 Å². The van der Waals surface area contributed by atoms with Gasteiger partial charge in [0.15, 0.2) is 12.2 Å². The Labute approximate surface area is 276 Å². The number of phenolic OH excluding ortho intramolecular Hbond substituents is 2. The van der Waals surface area contributed by atoms with Gasteiger partial charge in [0.2, 0.25) is 12.6 Å². The largest absolute Gasteiger partial charge is 0.508 e. The molecule has 12 atom stereocenters. The lowest BCUT2D eigenvalue weighted by Crippen LogP contribution is -2.60. The Kier molecular flexibility index (Phi) is 9.85. The molecule has 49 heavy (non-hydrogen) atoms. The Morgan fingerprint density at radius 2 is 1.16 bits per heavy atom. The maximum absolute atomic E-state index is 12.4. The summed E-state index contributed by atoms with van der Waals surface area (Å²) in [5, 5.41) is 94.4. The lowest BCUT2D eigenvalue weighted by molar-refractivity contribution is -0.294. The topological polar surface area (TPSA) is 281 Å². The third-order valence-electron chi connectivity index (χ3n) is 8.34. The van der Waals surface area contributed by atoms with Gasteiger partial charge >= 0.3 is 11.9 Å². The number of cyclic esters (lactones) is 2. The first-order valence-corrected chi connectivity index (χ1v) is 15.1. The molecular formula is C31H34O18. The molecule has 0 saturated carbocycles. The van der Waals surface area contributed by atoms with E-state index in [1.165, 1.54) is 36.4 Å². The Morgan fingerprint density at radius 3 is 1.78 bits per heavy atom. The maximum atomic E-state index is 12.4. The van der Waals surface area contributed by atoms with Gasteiger partial charge in [-0.3, -0.25) is 4.79 Å². The molecule has 266 valence electrons. The third kappa shape index (κ3) is 7.09. The Balaban J connectivity index is 1.42. The number of aliphatic hydroxyl groups is 7. The first-order valence-electron chi connectivity index (χ1n) is 15.1. The molecule has 9 N–H and O–H groups in total.